The van der Waals surface area contributed by atoms with Crippen LogP contribution in [0.1, 0.15) is 0 Å². The molecule has 1 aliphatic rings. The normalized spacial score (nSPS) is 15.9. The van der Waals surface area contributed by atoms with E-state index in [2.05, 4.69) is 38.8 Å². The molecule has 0 saturated carbocycles. The number of nitrogens with zero attached hydrogens (tertiary/aromatic N) is 5. The maximum atomic E-state index is 13.2. The monoisotopic (exact) mass is 423 g/mol. The summed E-state index contributed by atoms with van der Waals surface area (Å²) < 4.78 is 2.32. The molecule has 27 heavy (non-hydrogen) atoms. The molecule has 0 unspecified atom stereocenters. The van der Waals surface area contributed by atoms with Gasteiger partial charge in [-0.1, -0.05) is 40.2 Å². The molecule has 0 amide bonds. The lowest BCUT2D eigenvalue weighted by atomic mass is 10.1. The van der Waals surface area contributed by atoms with Gasteiger partial charge in [-0.15, -0.1) is 5.10 Å². The second kappa shape index (κ2) is 6.28. The van der Waals surface area contributed by atoms with Crippen LogP contribution >= 0.6 is 15.9 Å². The van der Waals surface area contributed by atoms with Crippen molar-refractivity contribution in [2.24, 2.45) is 0 Å². The van der Waals surface area contributed by atoms with E-state index < -0.39 is 0 Å². The second-order valence-corrected chi connectivity index (χ2v) is 7.89. The van der Waals surface area contributed by atoms with Crippen LogP contribution in [0.5, 0.6) is 0 Å². The van der Waals surface area contributed by atoms with Gasteiger partial charge >= 0.3 is 0 Å². The van der Waals surface area contributed by atoms with Crippen molar-refractivity contribution >= 4 is 49.1 Å². The minimum absolute atomic E-state index is 0.141. The summed E-state index contributed by atoms with van der Waals surface area (Å²) in [5.41, 5.74) is 1.14. The zero-order valence-electron chi connectivity index (χ0n) is 14.9. The zero-order valence-corrected chi connectivity index (χ0v) is 16.5. The third-order valence-electron chi connectivity index (χ3n) is 5.21. The van der Waals surface area contributed by atoms with Crippen molar-refractivity contribution in [3.8, 4) is 0 Å². The number of hydrogen-bond donors (Lipinski definition) is 0. The summed E-state index contributed by atoms with van der Waals surface area (Å²) in [6, 6.07) is 13.6. The van der Waals surface area contributed by atoms with Crippen LogP contribution in [0.4, 0.5) is 5.82 Å². The van der Waals surface area contributed by atoms with Crippen molar-refractivity contribution in [3.05, 3.63) is 57.3 Å². The number of aromatic nitrogens is 3. The Hall–Kier alpha value is -2.51. The summed E-state index contributed by atoms with van der Waals surface area (Å²) in [4.78, 5) is 22.5. The van der Waals surface area contributed by atoms with Gasteiger partial charge in [-0.2, -0.15) is 4.52 Å². The highest BCUT2D eigenvalue weighted by atomic mass is 79.9. The highest BCUT2D eigenvalue weighted by molar-refractivity contribution is 9.10. The molecule has 3 heterocycles. The summed E-state index contributed by atoms with van der Waals surface area (Å²) in [5.74, 6) is 0.851. The lowest BCUT2D eigenvalue weighted by Crippen LogP contribution is -2.45. The molecule has 0 radical (unpaired) electrons. The highest BCUT2D eigenvalue weighted by Gasteiger charge is 2.20. The van der Waals surface area contributed by atoms with Gasteiger partial charge in [0.1, 0.15) is 0 Å². The molecule has 4 aromatic rings. The van der Waals surface area contributed by atoms with Crippen LogP contribution in [0, 0.1) is 0 Å². The molecule has 5 rings (SSSR count). The predicted octanol–water partition coefficient (Wildman–Crippen LogP) is 2.91. The lowest BCUT2D eigenvalue weighted by molar-refractivity contribution is 0.312. The van der Waals surface area contributed by atoms with Gasteiger partial charge in [0.15, 0.2) is 11.5 Å². The van der Waals surface area contributed by atoms with Crippen molar-refractivity contribution in [1.29, 1.82) is 0 Å². The fourth-order valence-electron chi connectivity index (χ4n) is 3.69. The van der Waals surface area contributed by atoms with Gasteiger partial charge < -0.3 is 9.80 Å². The van der Waals surface area contributed by atoms with Crippen molar-refractivity contribution in [1.82, 2.24) is 19.5 Å². The summed E-state index contributed by atoms with van der Waals surface area (Å²) in [6.45, 7) is 3.73. The number of anilines is 1. The van der Waals surface area contributed by atoms with Gasteiger partial charge in [0.05, 0.1) is 10.9 Å². The third-order valence-corrected chi connectivity index (χ3v) is 5.71. The van der Waals surface area contributed by atoms with Crippen LogP contribution in [-0.4, -0.2) is 52.7 Å². The molecule has 0 atom stereocenters. The molecule has 0 N–H and O–H groups in total. The van der Waals surface area contributed by atoms with Crippen LogP contribution in [0.3, 0.4) is 0 Å². The van der Waals surface area contributed by atoms with Crippen molar-refractivity contribution in [2.45, 2.75) is 0 Å². The quantitative estimate of drug-likeness (QED) is 0.348. The molecular formula is C20H18BrN5O. The number of halogens is 1. The van der Waals surface area contributed by atoms with E-state index >= 15 is 0 Å². The molecule has 0 aliphatic carbocycles. The largest absolute Gasteiger partial charge is 0.352 e. The Kier molecular flexibility index (Phi) is 3.87. The van der Waals surface area contributed by atoms with E-state index in [0.717, 1.165) is 47.2 Å². The van der Waals surface area contributed by atoms with Crippen LogP contribution in [0.2, 0.25) is 0 Å². The van der Waals surface area contributed by atoms with E-state index in [9.17, 15) is 4.79 Å². The fourth-order valence-corrected chi connectivity index (χ4v) is 4.05. The Labute approximate surface area is 164 Å². The third kappa shape index (κ3) is 2.69. The zero-order chi connectivity index (χ0) is 18.5. The molecule has 136 valence electrons. The van der Waals surface area contributed by atoms with Crippen LogP contribution in [-0.2, 0) is 0 Å². The number of fused-ring (bicyclic) bond motifs is 4. The molecule has 0 bridgehead atoms. The minimum Gasteiger partial charge on any atom is -0.352 e. The first-order valence-corrected chi connectivity index (χ1v) is 9.76. The summed E-state index contributed by atoms with van der Waals surface area (Å²) in [5, 5.41) is 7.31. The topological polar surface area (TPSA) is 53.7 Å². The van der Waals surface area contributed by atoms with E-state index in [0.29, 0.717) is 16.6 Å². The molecule has 1 aliphatic heterocycles. The minimum atomic E-state index is -0.141. The molecule has 2 aromatic carbocycles. The first kappa shape index (κ1) is 16.6. The molecule has 7 heteroatoms. The van der Waals surface area contributed by atoms with E-state index in [1.807, 2.05) is 36.4 Å². The number of likely N-dealkylation sites (N-methyl/N-ethyl adjacent to an activating group) is 1. The smallest absolute Gasteiger partial charge is 0.282 e. The highest BCUT2D eigenvalue weighted by Crippen LogP contribution is 2.28. The van der Waals surface area contributed by atoms with E-state index in [4.69, 9.17) is 10.1 Å². The van der Waals surface area contributed by atoms with E-state index in [1.54, 1.807) is 0 Å². The van der Waals surface area contributed by atoms with Crippen LogP contribution < -0.4 is 10.5 Å². The predicted molar refractivity (Wildman–Crippen MR) is 112 cm³/mol. The van der Waals surface area contributed by atoms with Gasteiger partial charge in [-0.25, -0.2) is 4.98 Å². The Balaban J connectivity index is 1.86. The van der Waals surface area contributed by atoms with Crippen LogP contribution in [0.15, 0.2) is 51.7 Å². The number of hydrogen-bond acceptors (Lipinski definition) is 5. The lowest BCUT2D eigenvalue weighted by Gasteiger charge is -2.33. The first-order chi connectivity index (χ1) is 13.1. The second-order valence-electron chi connectivity index (χ2n) is 6.97. The van der Waals surface area contributed by atoms with Crippen molar-refractivity contribution < 1.29 is 0 Å². The number of rotatable bonds is 1. The number of benzene rings is 2. The average molecular weight is 424 g/mol. The van der Waals surface area contributed by atoms with Gasteiger partial charge in [0.2, 0.25) is 0 Å². The Bertz CT molecular complexity index is 1240. The molecule has 0 spiro atoms. The molecular weight excluding hydrogens is 406 g/mol. The fraction of sp³-hybridized carbons (Fsp3) is 0.250. The average Bonchev–Trinajstić information content (AvgIpc) is 2.69. The maximum absolute atomic E-state index is 13.2. The SMILES string of the molecule is CN1CCN(c2nn3c(=O)c4cc(Br)ccc4nc3c3ccccc23)CC1. The molecule has 1 saturated heterocycles. The number of piperazine rings is 1. The molecule has 2 aromatic heterocycles. The summed E-state index contributed by atoms with van der Waals surface area (Å²) in [6.07, 6.45) is 0. The van der Waals surface area contributed by atoms with Gasteiger partial charge in [-0.3, -0.25) is 4.79 Å². The standard InChI is InChI=1S/C20H18BrN5O/c1-24-8-10-25(11-9-24)19-15-5-3-2-4-14(15)18-22-17-7-6-13(21)12-16(17)20(27)26(18)23-19/h2-7,12H,8-11H2,1H3. The van der Waals surface area contributed by atoms with Gasteiger partial charge in [-0.05, 0) is 25.2 Å². The first-order valence-electron chi connectivity index (χ1n) is 8.96. The summed E-state index contributed by atoms with van der Waals surface area (Å²) >= 11 is 3.44. The van der Waals surface area contributed by atoms with E-state index in [-0.39, 0.29) is 5.56 Å². The summed E-state index contributed by atoms with van der Waals surface area (Å²) in [7, 11) is 2.13. The molecule has 6 nitrogen and oxygen atoms in total. The Morgan fingerprint density at radius 2 is 1.70 bits per heavy atom. The van der Waals surface area contributed by atoms with E-state index in [1.165, 1.54) is 4.52 Å². The Morgan fingerprint density at radius 3 is 2.48 bits per heavy atom. The maximum Gasteiger partial charge on any atom is 0.282 e. The van der Waals surface area contributed by atoms with Gasteiger partial charge in [0, 0.05) is 41.4 Å². The van der Waals surface area contributed by atoms with Crippen molar-refractivity contribution in [2.75, 3.05) is 38.1 Å². The van der Waals surface area contributed by atoms with Crippen LogP contribution in [0.25, 0.3) is 27.3 Å². The van der Waals surface area contributed by atoms with Crippen molar-refractivity contribution in [3.63, 3.8) is 0 Å². The van der Waals surface area contributed by atoms with Gasteiger partial charge in [0.25, 0.3) is 5.56 Å². The Morgan fingerprint density at radius 1 is 0.963 bits per heavy atom. The molecule has 1 fully saturated rings.